The maximum Gasteiger partial charge on any atom is 0.298 e. The zero-order valence-electron chi connectivity index (χ0n) is 15.2. The van der Waals surface area contributed by atoms with Crippen molar-refractivity contribution in [3.63, 3.8) is 0 Å². The molecule has 148 valence electrons. The lowest BCUT2D eigenvalue weighted by Gasteiger charge is -2.16. The fourth-order valence-corrected chi connectivity index (χ4v) is 3.58. The molecule has 0 aliphatic heterocycles. The van der Waals surface area contributed by atoms with E-state index in [0.717, 1.165) is 13.2 Å². The predicted molar refractivity (Wildman–Crippen MR) is 104 cm³/mol. The number of ether oxygens (including phenoxy) is 1. The molecule has 0 saturated heterocycles. The standard InChI is InChI=1S/C21H16O7S/c1-28-21-16(29(25,26)27)12-15(18(22)13-8-4-2-5-9-13)17(20(21)24)19(23)14-10-6-3-7-11-14/h2-12,24H,1H3,(H,25,26,27). The minimum atomic E-state index is -4.86. The predicted octanol–water partition coefficient (Wildman–Crippen LogP) is 3.11. The van der Waals surface area contributed by atoms with Gasteiger partial charge in [0.1, 0.15) is 4.90 Å². The topological polar surface area (TPSA) is 118 Å². The number of hydrogen-bond acceptors (Lipinski definition) is 6. The van der Waals surface area contributed by atoms with E-state index in [1.807, 2.05) is 0 Å². The third-order valence-electron chi connectivity index (χ3n) is 4.25. The van der Waals surface area contributed by atoms with Crippen molar-refractivity contribution in [3.8, 4) is 11.5 Å². The number of ketones is 2. The molecule has 0 amide bonds. The largest absolute Gasteiger partial charge is 0.504 e. The van der Waals surface area contributed by atoms with Crippen molar-refractivity contribution in [2.45, 2.75) is 4.90 Å². The lowest BCUT2D eigenvalue weighted by Crippen LogP contribution is -2.15. The van der Waals surface area contributed by atoms with Crippen LogP contribution in [0.3, 0.4) is 0 Å². The van der Waals surface area contributed by atoms with Crippen LogP contribution in [0, 0.1) is 0 Å². The first-order valence-electron chi connectivity index (χ1n) is 8.36. The van der Waals surface area contributed by atoms with Crippen molar-refractivity contribution in [2.24, 2.45) is 0 Å². The molecule has 0 aliphatic rings. The number of phenolic OH excluding ortho intramolecular Hbond substituents is 1. The Morgan fingerprint density at radius 1 is 0.862 bits per heavy atom. The molecule has 0 heterocycles. The van der Waals surface area contributed by atoms with E-state index in [-0.39, 0.29) is 16.7 Å². The molecule has 0 unspecified atom stereocenters. The third-order valence-corrected chi connectivity index (χ3v) is 5.11. The van der Waals surface area contributed by atoms with E-state index in [9.17, 15) is 27.7 Å². The molecule has 0 fully saturated rings. The molecule has 0 saturated carbocycles. The average Bonchev–Trinajstić information content (AvgIpc) is 2.72. The summed E-state index contributed by atoms with van der Waals surface area (Å²) in [5.74, 6) is -2.89. The van der Waals surface area contributed by atoms with Gasteiger partial charge in [-0.2, -0.15) is 8.42 Å². The highest BCUT2D eigenvalue weighted by Crippen LogP contribution is 2.40. The molecule has 0 aromatic heterocycles. The molecule has 0 bridgehead atoms. The molecule has 29 heavy (non-hydrogen) atoms. The second-order valence-electron chi connectivity index (χ2n) is 6.04. The van der Waals surface area contributed by atoms with Gasteiger partial charge in [-0.15, -0.1) is 0 Å². The number of carbonyl (C=O) groups excluding carboxylic acids is 2. The van der Waals surface area contributed by atoms with Crippen LogP contribution in [0.1, 0.15) is 31.8 Å². The van der Waals surface area contributed by atoms with Gasteiger partial charge in [-0.05, 0) is 6.07 Å². The number of methoxy groups -OCH3 is 1. The molecule has 8 heteroatoms. The van der Waals surface area contributed by atoms with E-state index in [0.29, 0.717) is 0 Å². The highest BCUT2D eigenvalue weighted by atomic mass is 32.2. The van der Waals surface area contributed by atoms with Gasteiger partial charge in [0.05, 0.1) is 12.7 Å². The molecule has 3 aromatic carbocycles. The average molecular weight is 412 g/mol. The molecule has 3 aromatic rings. The molecule has 7 nitrogen and oxygen atoms in total. The van der Waals surface area contributed by atoms with E-state index in [1.54, 1.807) is 36.4 Å². The Morgan fingerprint density at radius 2 is 1.34 bits per heavy atom. The fraction of sp³-hybridized carbons (Fsp3) is 0.0476. The van der Waals surface area contributed by atoms with Gasteiger partial charge in [0.25, 0.3) is 10.1 Å². The molecule has 0 atom stereocenters. The van der Waals surface area contributed by atoms with Crippen LogP contribution in [0.25, 0.3) is 0 Å². The maximum absolute atomic E-state index is 13.1. The summed E-state index contributed by atoms with van der Waals surface area (Å²) < 4.78 is 38.0. The van der Waals surface area contributed by atoms with Crippen LogP contribution >= 0.6 is 0 Å². The minimum absolute atomic E-state index is 0.167. The maximum atomic E-state index is 13.1. The first-order valence-corrected chi connectivity index (χ1v) is 9.80. The van der Waals surface area contributed by atoms with Gasteiger partial charge in [-0.25, -0.2) is 0 Å². The Morgan fingerprint density at radius 3 is 1.79 bits per heavy atom. The zero-order valence-corrected chi connectivity index (χ0v) is 16.0. The van der Waals surface area contributed by atoms with E-state index in [2.05, 4.69) is 0 Å². The van der Waals surface area contributed by atoms with Gasteiger partial charge in [0.15, 0.2) is 23.1 Å². The SMILES string of the molecule is COc1c(S(=O)(=O)O)cc(C(=O)c2ccccc2)c(C(=O)c2ccccc2)c1O. The van der Waals surface area contributed by atoms with Crippen molar-refractivity contribution in [2.75, 3.05) is 7.11 Å². The van der Waals surface area contributed by atoms with Crippen molar-refractivity contribution < 1.29 is 32.4 Å². The van der Waals surface area contributed by atoms with Crippen molar-refractivity contribution in [3.05, 3.63) is 89.0 Å². The highest BCUT2D eigenvalue weighted by Gasteiger charge is 2.31. The van der Waals surface area contributed by atoms with Crippen LogP contribution in [-0.4, -0.2) is 36.8 Å². The Hall–Kier alpha value is -3.49. The van der Waals surface area contributed by atoms with Crippen molar-refractivity contribution in [1.29, 1.82) is 0 Å². The Bertz CT molecular complexity index is 1180. The third kappa shape index (κ3) is 3.89. The summed E-state index contributed by atoms with van der Waals surface area (Å²) in [5.41, 5.74) is -0.461. The Kier molecular flexibility index (Phi) is 5.49. The fourth-order valence-electron chi connectivity index (χ4n) is 2.90. The molecule has 3 rings (SSSR count). The van der Waals surface area contributed by atoms with Gasteiger partial charge in [-0.3, -0.25) is 14.1 Å². The van der Waals surface area contributed by atoms with Gasteiger partial charge in [-0.1, -0.05) is 60.7 Å². The minimum Gasteiger partial charge on any atom is -0.504 e. The molecule has 0 aliphatic carbocycles. The summed E-state index contributed by atoms with van der Waals surface area (Å²) in [6.45, 7) is 0. The normalized spacial score (nSPS) is 11.1. The zero-order chi connectivity index (χ0) is 21.2. The van der Waals surface area contributed by atoms with Gasteiger partial charge in [0, 0.05) is 16.7 Å². The Balaban J connectivity index is 2.36. The molecule has 2 N–H and O–H groups in total. The van der Waals surface area contributed by atoms with Crippen LogP contribution in [0.5, 0.6) is 11.5 Å². The van der Waals surface area contributed by atoms with Gasteiger partial charge < -0.3 is 9.84 Å². The second kappa shape index (κ2) is 7.86. The first-order chi connectivity index (χ1) is 13.8. The van der Waals surface area contributed by atoms with E-state index < -0.39 is 43.6 Å². The van der Waals surface area contributed by atoms with E-state index in [1.165, 1.54) is 24.3 Å². The molecule has 0 radical (unpaired) electrons. The van der Waals surface area contributed by atoms with E-state index in [4.69, 9.17) is 4.74 Å². The number of benzene rings is 3. The summed E-state index contributed by atoms with van der Waals surface area (Å²) in [5, 5.41) is 10.7. The molecular formula is C21H16O7S. The number of phenols is 1. The molecule has 0 spiro atoms. The Labute approximate surface area is 166 Å². The van der Waals surface area contributed by atoms with Gasteiger partial charge in [0.2, 0.25) is 0 Å². The molecular weight excluding hydrogens is 396 g/mol. The van der Waals surface area contributed by atoms with Crippen molar-refractivity contribution >= 4 is 21.7 Å². The second-order valence-corrected chi connectivity index (χ2v) is 7.43. The summed E-state index contributed by atoms with van der Waals surface area (Å²) >= 11 is 0. The van der Waals surface area contributed by atoms with Crippen molar-refractivity contribution in [1.82, 2.24) is 0 Å². The number of hydrogen-bond donors (Lipinski definition) is 2. The summed E-state index contributed by atoms with van der Waals surface area (Å²) in [6, 6.07) is 16.5. The first kappa shape index (κ1) is 20.2. The lowest BCUT2D eigenvalue weighted by molar-refractivity contribution is 0.1000. The number of carbonyl (C=O) groups is 2. The van der Waals surface area contributed by atoms with Crippen LogP contribution in [0.4, 0.5) is 0 Å². The number of rotatable bonds is 6. The van der Waals surface area contributed by atoms with Crippen LogP contribution < -0.4 is 4.74 Å². The summed E-state index contributed by atoms with van der Waals surface area (Å²) in [4.78, 5) is 25.3. The van der Waals surface area contributed by atoms with Crippen LogP contribution in [0.15, 0.2) is 71.6 Å². The number of aromatic hydroxyl groups is 1. The summed E-state index contributed by atoms with van der Waals surface area (Å²) in [7, 11) is -3.79. The lowest BCUT2D eigenvalue weighted by atomic mass is 9.92. The van der Waals surface area contributed by atoms with Crippen LogP contribution in [-0.2, 0) is 10.1 Å². The van der Waals surface area contributed by atoms with E-state index >= 15 is 0 Å². The van der Waals surface area contributed by atoms with Gasteiger partial charge >= 0.3 is 0 Å². The van der Waals surface area contributed by atoms with Crippen LogP contribution in [0.2, 0.25) is 0 Å². The summed E-state index contributed by atoms with van der Waals surface area (Å²) in [6.07, 6.45) is 0. The highest BCUT2D eigenvalue weighted by molar-refractivity contribution is 7.86. The quantitative estimate of drug-likeness (QED) is 0.472. The monoisotopic (exact) mass is 412 g/mol. The smallest absolute Gasteiger partial charge is 0.298 e.